The highest BCUT2D eigenvalue weighted by molar-refractivity contribution is 5.77. The molecule has 0 aliphatic rings. The number of hydrogen-bond acceptors (Lipinski definition) is 3. The molecule has 0 fully saturated rings. The zero-order valence-electron chi connectivity index (χ0n) is 10.2. The molecule has 94 valence electrons. The predicted octanol–water partition coefficient (Wildman–Crippen LogP) is 1.03. The number of hydrogen-bond donors (Lipinski definition) is 2. The van der Waals surface area contributed by atoms with Gasteiger partial charge in [-0.25, -0.2) is 0 Å². The highest BCUT2D eigenvalue weighted by Gasteiger charge is 2.18. The van der Waals surface area contributed by atoms with E-state index in [1.54, 1.807) is 7.11 Å². The van der Waals surface area contributed by atoms with Gasteiger partial charge in [0, 0.05) is 26.2 Å². The van der Waals surface area contributed by atoms with E-state index in [-0.39, 0.29) is 24.3 Å². The molecule has 2 N–H and O–H groups in total. The van der Waals surface area contributed by atoms with E-state index < -0.39 is 5.97 Å². The molecule has 16 heavy (non-hydrogen) atoms. The van der Waals surface area contributed by atoms with Crippen molar-refractivity contribution < 1.29 is 19.4 Å². The highest BCUT2D eigenvalue weighted by Crippen LogP contribution is 2.06. The molecule has 5 nitrogen and oxygen atoms in total. The maximum Gasteiger partial charge on any atom is 0.305 e. The van der Waals surface area contributed by atoms with E-state index in [0.717, 1.165) is 0 Å². The molecule has 0 bridgehead atoms. The van der Waals surface area contributed by atoms with E-state index in [2.05, 4.69) is 5.32 Å². The predicted molar refractivity (Wildman–Crippen MR) is 60.1 cm³/mol. The lowest BCUT2D eigenvalue weighted by Crippen LogP contribution is -2.40. The second-order valence-electron chi connectivity index (χ2n) is 4.11. The standard InChI is InChI=1S/C11H21NO4/c1-8(2)9(7-11(14)15)12-10(13)5-4-6-16-3/h8-9H,4-7H2,1-3H3,(H,12,13)(H,14,15). The van der Waals surface area contributed by atoms with Gasteiger partial charge in [0.15, 0.2) is 0 Å². The van der Waals surface area contributed by atoms with Gasteiger partial charge >= 0.3 is 5.97 Å². The van der Waals surface area contributed by atoms with Gasteiger partial charge in [-0.1, -0.05) is 13.8 Å². The van der Waals surface area contributed by atoms with Crippen molar-refractivity contribution in [1.29, 1.82) is 0 Å². The van der Waals surface area contributed by atoms with Crippen molar-refractivity contribution in [2.45, 2.75) is 39.2 Å². The van der Waals surface area contributed by atoms with Gasteiger partial charge in [-0.2, -0.15) is 0 Å². The summed E-state index contributed by atoms with van der Waals surface area (Å²) in [7, 11) is 1.58. The summed E-state index contributed by atoms with van der Waals surface area (Å²) in [6.45, 7) is 4.32. The molecule has 0 radical (unpaired) electrons. The lowest BCUT2D eigenvalue weighted by Gasteiger charge is -2.20. The van der Waals surface area contributed by atoms with Crippen LogP contribution in [0.3, 0.4) is 0 Å². The first-order valence-electron chi connectivity index (χ1n) is 5.47. The lowest BCUT2D eigenvalue weighted by atomic mass is 10.0. The molecule has 0 aromatic rings. The van der Waals surface area contributed by atoms with Gasteiger partial charge in [-0.05, 0) is 12.3 Å². The Morgan fingerprint density at radius 3 is 2.44 bits per heavy atom. The van der Waals surface area contributed by atoms with Crippen LogP contribution in [0, 0.1) is 5.92 Å². The van der Waals surface area contributed by atoms with Crippen molar-refractivity contribution in [3.63, 3.8) is 0 Å². The first-order chi connectivity index (χ1) is 7.47. The number of amides is 1. The molecule has 0 aliphatic heterocycles. The number of ether oxygens (including phenoxy) is 1. The Morgan fingerprint density at radius 2 is 2.00 bits per heavy atom. The van der Waals surface area contributed by atoms with Crippen LogP contribution in [-0.4, -0.2) is 36.7 Å². The quantitative estimate of drug-likeness (QED) is 0.612. The average Bonchev–Trinajstić information content (AvgIpc) is 2.16. The Bertz CT molecular complexity index is 228. The third kappa shape index (κ3) is 7.23. The summed E-state index contributed by atoms with van der Waals surface area (Å²) in [5, 5.41) is 11.4. The lowest BCUT2D eigenvalue weighted by molar-refractivity contribution is -0.138. The van der Waals surface area contributed by atoms with Crippen LogP contribution in [0.25, 0.3) is 0 Å². The second-order valence-corrected chi connectivity index (χ2v) is 4.11. The number of aliphatic carboxylic acids is 1. The largest absolute Gasteiger partial charge is 0.481 e. The molecule has 0 aromatic heterocycles. The molecule has 0 aromatic carbocycles. The minimum absolute atomic E-state index is 0.0340. The van der Waals surface area contributed by atoms with Crippen LogP contribution >= 0.6 is 0 Å². The maximum absolute atomic E-state index is 11.5. The summed E-state index contributed by atoms with van der Waals surface area (Å²) in [6, 6.07) is -0.299. The molecule has 1 unspecified atom stereocenters. The van der Waals surface area contributed by atoms with Gasteiger partial charge in [0.2, 0.25) is 5.91 Å². The van der Waals surface area contributed by atoms with E-state index in [9.17, 15) is 9.59 Å². The molecule has 5 heteroatoms. The monoisotopic (exact) mass is 231 g/mol. The van der Waals surface area contributed by atoms with Crippen molar-refractivity contribution in [2.75, 3.05) is 13.7 Å². The third-order valence-electron chi connectivity index (χ3n) is 2.30. The normalized spacial score (nSPS) is 12.5. The Morgan fingerprint density at radius 1 is 1.38 bits per heavy atom. The number of carbonyl (C=O) groups is 2. The molecule has 0 saturated heterocycles. The van der Waals surface area contributed by atoms with Crippen LogP contribution < -0.4 is 5.32 Å². The van der Waals surface area contributed by atoms with E-state index in [1.165, 1.54) is 0 Å². The fraction of sp³-hybridized carbons (Fsp3) is 0.818. The van der Waals surface area contributed by atoms with Gasteiger partial charge in [-0.15, -0.1) is 0 Å². The van der Waals surface area contributed by atoms with Gasteiger partial charge < -0.3 is 15.2 Å². The number of rotatable bonds is 8. The van der Waals surface area contributed by atoms with E-state index in [0.29, 0.717) is 19.4 Å². The molecular formula is C11H21NO4. The van der Waals surface area contributed by atoms with Crippen LogP contribution in [0.2, 0.25) is 0 Å². The van der Waals surface area contributed by atoms with Gasteiger partial charge in [0.05, 0.1) is 6.42 Å². The zero-order chi connectivity index (χ0) is 12.6. The Kier molecular flexibility index (Phi) is 7.54. The maximum atomic E-state index is 11.5. The molecule has 0 saturated carbocycles. The van der Waals surface area contributed by atoms with E-state index >= 15 is 0 Å². The number of methoxy groups -OCH3 is 1. The number of nitrogens with one attached hydrogen (secondary N) is 1. The van der Waals surface area contributed by atoms with Crippen LogP contribution in [0.5, 0.6) is 0 Å². The van der Waals surface area contributed by atoms with Crippen molar-refractivity contribution in [1.82, 2.24) is 5.32 Å². The molecule has 0 aliphatic carbocycles. The van der Waals surface area contributed by atoms with E-state index in [1.807, 2.05) is 13.8 Å². The zero-order valence-corrected chi connectivity index (χ0v) is 10.2. The van der Waals surface area contributed by atoms with E-state index in [4.69, 9.17) is 9.84 Å². The fourth-order valence-electron chi connectivity index (χ4n) is 1.30. The average molecular weight is 231 g/mol. The molecule has 1 atom stereocenters. The molecule has 1 amide bonds. The number of carbonyl (C=O) groups excluding carboxylic acids is 1. The summed E-state index contributed by atoms with van der Waals surface area (Å²) < 4.78 is 4.84. The van der Waals surface area contributed by atoms with Crippen molar-refractivity contribution >= 4 is 11.9 Å². The summed E-state index contributed by atoms with van der Waals surface area (Å²) in [6.07, 6.45) is 0.991. The summed E-state index contributed by atoms with van der Waals surface area (Å²) in [5.74, 6) is -0.893. The van der Waals surface area contributed by atoms with Crippen LogP contribution in [0.15, 0.2) is 0 Å². The first kappa shape index (κ1) is 14.9. The van der Waals surface area contributed by atoms with Gasteiger partial charge in [-0.3, -0.25) is 9.59 Å². The highest BCUT2D eigenvalue weighted by atomic mass is 16.5. The van der Waals surface area contributed by atoms with Gasteiger partial charge in [0.25, 0.3) is 0 Å². The third-order valence-corrected chi connectivity index (χ3v) is 2.30. The molecule has 0 spiro atoms. The van der Waals surface area contributed by atoms with Gasteiger partial charge in [0.1, 0.15) is 0 Å². The molecule has 0 heterocycles. The number of carboxylic acids is 1. The van der Waals surface area contributed by atoms with Crippen LogP contribution in [0.1, 0.15) is 33.1 Å². The summed E-state index contributed by atoms with van der Waals surface area (Å²) in [4.78, 5) is 22.0. The fourth-order valence-corrected chi connectivity index (χ4v) is 1.30. The minimum atomic E-state index is -0.893. The minimum Gasteiger partial charge on any atom is -0.481 e. The Hall–Kier alpha value is -1.10. The van der Waals surface area contributed by atoms with Crippen molar-refractivity contribution in [3.8, 4) is 0 Å². The van der Waals surface area contributed by atoms with Crippen molar-refractivity contribution in [2.24, 2.45) is 5.92 Å². The number of carboxylic acid groups (broad SMARTS) is 1. The van der Waals surface area contributed by atoms with Crippen LogP contribution in [0.4, 0.5) is 0 Å². The smallest absolute Gasteiger partial charge is 0.305 e. The molecular weight excluding hydrogens is 210 g/mol. The topological polar surface area (TPSA) is 75.6 Å². The first-order valence-corrected chi connectivity index (χ1v) is 5.47. The SMILES string of the molecule is COCCCC(=O)NC(CC(=O)O)C(C)C. The van der Waals surface area contributed by atoms with Crippen LogP contribution in [-0.2, 0) is 14.3 Å². The summed E-state index contributed by atoms with van der Waals surface area (Å²) in [5.41, 5.74) is 0. The Labute approximate surface area is 96.2 Å². The van der Waals surface area contributed by atoms with Crippen molar-refractivity contribution in [3.05, 3.63) is 0 Å². The Balaban J connectivity index is 3.98. The molecule has 0 rings (SSSR count). The second kappa shape index (κ2) is 8.10. The summed E-state index contributed by atoms with van der Waals surface area (Å²) >= 11 is 0.